The molecule has 0 saturated heterocycles. The van der Waals surface area contributed by atoms with E-state index in [0.717, 1.165) is 0 Å². The van der Waals surface area contributed by atoms with Crippen molar-refractivity contribution in [2.24, 2.45) is 5.41 Å². The van der Waals surface area contributed by atoms with Crippen LogP contribution in [0.5, 0.6) is 0 Å². The number of nitrogens with one attached hydrogen (secondary N) is 1. The molecule has 0 bridgehead atoms. The largest absolute Gasteiger partial charge is 0.481 e. The normalized spacial score (nSPS) is 11.4. The van der Waals surface area contributed by atoms with Crippen LogP contribution in [0.1, 0.15) is 32.6 Å². The number of hydrogen-bond acceptors (Lipinski definition) is 6. The van der Waals surface area contributed by atoms with Gasteiger partial charge in [-0.05, 0) is 26.3 Å². The number of aromatic nitrogens is 2. The van der Waals surface area contributed by atoms with Gasteiger partial charge in [0.05, 0.1) is 17.2 Å². The van der Waals surface area contributed by atoms with Gasteiger partial charge in [0.25, 0.3) is 0 Å². The fourth-order valence-electron chi connectivity index (χ4n) is 1.80. The lowest BCUT2D eigenvalue weighted by atomic mass is 9.90. The number of furan rings is 1. The quantitative estimate of drug-likeness (QED) is 0.762. The minimum atomic E-state index is -0.885. The maximum Gasteiger partial charge on any atom is 0.309 e. The molecule has 0 aliphatic rings. The number of hydrogen-bond donors (Lipinski definition) is 2. The lowest BCUT2D eigenvalue weighted by Crippen LogP contribution is -2.32. The van der Waals surface area contributed by atoms with Gasteiger partial charge in [-0.15, -0.1) is 0 Å². The van der Waals surface area contributed by atoms with E-state index in [4.69, 9.17) is 14.0 Å². The maximum absolute atomic E-state index is 11.7. The Morgan fingerprint density at radius 3 is 2.83 bits per heavy atom. The van der Waals surface area contributed by atoms with Crippen LogP contribution < -0.4 is 5.32 Å². The van der Waals surface area contributed by atoms with Crippen LogP contribution in [-0.2, 0) is 16.0 Å². The summed E-state index contributed by atoms with van der Waals surface area (Å²) in [6.45, 7) is 3.55. The molecule has 0 aliphatic carbocycles. The predicted molar refractivity (Wildman–Crippen MR) is 79.4 cm³/mol. The van der Waals surface area contributed by atoms with Crippen molar-refractivity contribution in [2.45, 2.75) is 33.1 Å². The van der Waals surface area contributed by atoms with Crippen LogP contribution in [0.3, 0.4) is 0 Å². The van der Waals surface area contributed by atoms with Gasteiger partial charge in [-0.1, -0.05) is 5.16 Å². The molecule has 2 N–H and O–H groups in total. The van der Waals surface area contributed by atoms with E-state index in [-0.39, 0.29) is 12.3 Å². The van der Waals surface area contributed by atoms with Crippen molar-refractivity contribution in [2.75, 3.05) is 6.54 Å². The lowest BCUT2D eigenvalue weighted by molar-refractivity contribution is -0.147. The summed E-state index contributed by atoms with van der Waals surface area (Å²) in [5, 5.41) is 15.5. The van der Waals surface area contributed by atoms with Gasteiger partial charge in [0.2, 0.25) is 17.6 Å². The molecule has 0 radical (unpaired) electrons. The number of amides is 1. The number of carbonyl (C=O) groups is 2. The van der Waals surface area contributed by atoms with Crippen LogP contribution >= 0.6 is 0 Å². The van der Waals surface area contributed by atoms with Gasteiger partial charge in [0.15, 0.2) is 0 Å². The van der Waals surface area contributed by atoms with E-state index in [9.17, 15) is 9.59 Å². The predicted octanol–water partition coefficient (Wildman–Crippen LogP) is 1.88. The summed E-state index contributed by atoms with van der Waals surface area (Å²) in [4.78, 5) is 26.9. The molecule has 2 heterocycles. The molecule has 8 heteroatoms. The van der Waals surface area contributed by atoms with Gasteiger partial charge in [0, 0.05) is 19.4 Å². The van der Waals surface area contributed by atoms with Gasteiger partial charge >= 0.3 is 5.97 Å². The second kappa shape index (κ2) is 7.08. The first kappa shape index (κ1) is 16.7. The van der Waals surface area contributed by atoms with E-state index in [2.05, 4.69) is 15.5 Å². The molecule has 2 rings (SSSR count). The standard InChI is InChI=1S/C15H19N3O5/c1-15(2,14(20)21)6-7-16-11(19)3-4-12-17-13(18-23-12)10-5-8-22-9-10/h5,8-9H,3-4,6-7H2,1-2H3,(H,16,19)(H,20,21). The Hall–Kier alpha value is -2.64. The molecule has 124 valence electrons. The van der Waals surface area contributed by atoms with Crippen LogP contribution in [0.2, 0.25) is 0 Å². The van der Waals surface area contributed by atoms with E-state index < -0.39 is 11.4 Å². The Labute approximate surface area is 132 Å². The molecule has 0 unspecified atom stereocenters. The molecule has 0 aromatic carbocycles. The number of nitrogens with zero attached hydrogens (tertiary/aromatic N) is 2. The Balaban J connectivity index is 1.74. The van der Waals surface area contributed by atoms with Crippen molar-refractivity contribution in [3.05, 3.63) is 24.5 Å². The third kappa shape index (κ3) is 4.67. The summed E-state index contributed by atoms with van der Waals surface area (Å²) in [5.41, 5.74) is -0.153. The summed E-state index contributed by atoms with van der Waals surface area (Å²) >= 11 is 0. The van der Waals surface area contributed by atoms with Crippen LogP contribution in [-0.4, -0.2) is 33.7 Å². The molecule has 1 amide bonds. The Bertz CT molecular complexity index is 660. The van der Waals surface area contributed by atoms with Crippen LogP contribution in [0.15, 0.2) is 27.5 Å². The Morgan fingerprint density at radius 1 is 1.39 bits per heavy atom. The number of aliphatic carboxylic acids is 1. The summed E-state index contributed by atoms with van der Waals surface area (Å²) in [7, 11) is 0. The van der Waals surface area contributed by atoms with Crippen molar-refractivity contribution in [3.63, 3.8) is 0 Å². The smallest absolute Gasteiger partial charge is 0.309 e. The Morgan fingerprint density at radius 2 is 2.17 bits per heavy atom. The van der Waals surface area contributed by atoms with Crippen molar-refractivity contribution in [1.29, 1.82) is 0 Å². The first-order valence-electron chi connectivity index (χ1n) is 7.24. The van der Waals surface area contributed by atoms with Gasteiger partial charge in [-0.2, -0.15) is 4.98 Å². The first-order chi connectivity index (χ1) is 10.9. The summed E-state index contributed by atoms with van der Waals surface area (Å²) in [6.07, 6.45) is 3.89. The van der Waals surface area contributed by atoms with Crippen molar-refractivity contribution >= 4 is 11.9 Å². The molecular formula is C15H19N3O5. The summed E-state index contributed by atoms with van der Waals surface area (Å²) < 4.78 is 10.0. The van der Waals surface area contributed by atoms with Crippen molar-refractivity contribution < 1.29 is 23.6 Å². The molecule has 0 fully saturated rings. The molecule has 0 spiro atoms. The second-order valence-electron chi connectivity index (χ2n) is 5.81. The molecule has 2 aromatic rings. The molecule has 2 aromatic heterocycles. The van der Waals surface area contributed by atoms with Crippen LogP contribution in [0, 0.1) is 5.41 Å². The molecule has 8 nitrogen and oxygen atoms in total. The second-order valence-corrected chi connectivity index (χ2v) is 5.81. The van der Waals surface area contributed by atoms with Crippen LogP contribution in [0.25, 0.3) is 11.4 Å². The van der Waals surface area contributed by atoms with E-state index in [1.807, 2.05) is 0 Å². The highest BCUT2D eigenvalue weighted by molar-refractivity contribution is 5.76. The van der Waals surface area contributed by atoms with Crippen molar-refractivity contribution in [1.82, 2.24) is 15.5 Å². The maximum atomic E-state index is 11.7. The minimum Gasteiger partial charge on any atom is -0.481 e. The topological polar surface area (TPSA) is 118 Å². The number of carboxylic acid groups (broad SMARTS) is 1. The minimum absolute atomic E-state index is 0.186. The van der Waals surface area contributed by atoms with E-state index in [0.29, 0.717) is 36.7 Å². The third-order valence-corrected chi connectivity index (χ3v) is 3.46. The molecule has 0 aliphatic heterocycles. The van der Waals surface area contributed by atoms with Gasteiger partial charge < -0.3 is 19.4 Å². The number of rotatable bonds is 8. The zero-order valence-corrected chi connectivity index (χ0v) is 13.0. The lowest BCUT2D eigenvalue weighted by Gasteiger charge is -2.18. The number of carboxylic acids is 1. The Kier molecular flexibility index (Phi) is 5.15. The number of aryl methyl sites for hydroxylation is 1. The monoisotopic (exact) mass is 321 g/mol. The van der Waals surface area contributed by atoms with Gasteiger partial charge in [-0.3, -0.25) is 9.59 Å². The molecular weight excluding hydrogens is 302 g/mol. The zero-order chi connectivity index (χ0) is 16.9. The molecule has 0 saturated carbocycles. The molecule has 0 atom stereocenters. The van der Waals surface area contributed by atoms with Crippen molar-refractivity contribution in [3.8, 4) is 11.4 Å². The van der Waals surface area contributed by atoms with Crippen LogP contribution in [0.4, 0.5) is 0 Å². The highest BCUT2D eigenvalue weighted by Gasteiger charge is 2.26. The van der Waals surface area contributed by atoms with E-state index in [1.54, 1.807) is 19.9 Å². The van der Waals surface area contributed by atoms with E-state index in [1.165, 1.54) is 12.5 Å². The highest BCUT2D eigenvalue weighted by atomic mass is 16.5. The fourth-order valence-corrected chi connectivity index (χ4v) is 1.80. The highest BCUT2D eigenvalue weighted by Crippen LogP contribution is 2.19. The first-order valence-corrected chi connectivity index (χ1v) is 7.24. The SMILES string of the molecule is CC(C)(CCNC(=O)CCc1nc(-c2ccoc2)no1)C(=O)O. The zero-order valence-electron chi connectivity index (χ0n) is 13.0. The van der Waals surface area contributed by atoms with E-state index >= 15 is 0 Å². The number of carbonyl (C=O) groups excluding carboxylic acids is 1. The van der Waals surface area contributed by atoms with Gasteiger partial charge in [0.1, 0.15) is 6.26 Å². The fraction of sp³-hybridized carbons (Fsp3) is 0.467. The third-order valence-electron chi connectivity index (χ3n) is 3.46. The average Bonchev–Trinajstić information content (AvgIpc) is 3.15. The summed E-state index contributed by atoms with van der Waals surface area (Å²) in [6, 6.07) is 1.71. The van der Waals surface area contributed by atoms with Gasteiger partial charge in [-0.25, -0.2) is 0 Å². The average molecular weight is 321 g/mol. The molecule has 23 heavy (non-hydrogen) atoms. The summed E-state index contributed by atoms with van der Waals surface area (Å²) in [5.74, 6) is -0.293.